The largest absolute Gasteiger partial charge is 0.481 e. The van der Waals surface area contributed by atoms with Crippen LogP contribution >= 0.6 is 11.6 Å². The van der Waals surface area contributed by atoms with E-state index in [4.69, 9.17) is 16.3 Å². The number of anilines is 2. The molecule has 2 aromatic rings. The van der Waals surface area contributed by atoms with Crippen molar-refractivity contribution in [1.29, 1.82) is 0 Å². The second-order valence-electron chi connectivity index (χ2n) is 5.16. The van der Waals surface area contributed by atoms with Gasteiger partial charge in [0.05, 0.1) is 11.9 Å². The zero-order valence-corrected chi connectivity index (χ0v) is 14.7. The molecule has 0 spiro atoms. The number of halogens is 1. The first kappa shape index (κ1) is 18.1. The lowest BCUT2D eigenvalue weighted by molar-refractivity contribution is -0.122. The molecule has 1 unspecified atom stereocenters. The molecule has 0 fully saturated rings. The minimum atomic E-state index is -3.38. The summed E-state index contributed by atoms with van der Waals surface area (Å²) in [6.45, 7) is 1.61. The third-order valence-corrected chi connectivity index (χ3v) is 3.75. The molecule has 2 rings (SSSR count). The highest BCUT2D eigenvalue weighted by atomic mass is 35.5. The van der Waals surface area contributed by atoms with Gasteiger partial charge in [-0.25, -0.2) is 8.42 Å². The summed E-state index contributed by atoms with van der Waals surface area (Å²) in [6, 6.07) is 13.1. The Bertz CT molecular complexity index is 839. The average molecular weight is 369 g/mol. The Balaban J connectivity index is 2.02. The van der Waals surface area contributed by atoms with Gasteiger partial charge >= 0.3 is 0 Å². The molecule has 0 aliphatic carbocycles. The van der Waals surface area contributed by atoms with Gasteiger partial charge in [-0.1, -0.05) is 23.7 Å². The first-order valence-corrected chi connectivity index (χ1v) is 9.31. The number of carbonyl (C=O) groups excluding carboxylic acids is 1. The molecule has 8 heteroatoms. The lowest BCUT2D eigenvalue weighted by atomic mass is 10.2. The molecule has 0 heterocycles. The van der Waals surface area contributed by atoms with E-state index in [1.165, 1.54) is 6.07 Å². The summed E-state index contributed by atoms with van der Waals surface area (Å²) in [5.74, 6) is 0.115. The molecule has 1 amide bonds. The summed E-state index contributed by atoms with van der Waals surface area (Å²) in [5, 5.41) is 3.18. The van der Waals surface area contributed by atoms with Gasteiger partial charge in [-0.3, -0.25) is 9.52 Å². The third kappa shape index (κ3) is 5.75. The summed E-state index contributed by atoms with van der Waals surface area (Å²) >= 11 is 5.87. The second kappa shape index (κ2) is 7.55. The van der Waals surface area contributed by atoms with Crippen LogP contribution in [0, 0.1) is 0 Å². The van der Waals surface area contributed by atoms with Gasteiger partial charge in [-0.2, -0.15) is 0 Å². The molecule has 0 aliphatic heterocycles. The second-order valence-corrected chi connectivity index (χ2v) is 7.35. The van der Waals surface area contributed by atoms with Crippen LogP contribution in [0.25, 0.3) is 0 Å². The SMILES string of the molecule is CC(Oc1cccc(Cl)c1)C(=O)Nc1cccc(NS(C)(=O)=O)c1. The number of sulfonamides is 1. The van der Waals surface area contributed by atoms with Crippen LogP contribution in [-0.2, 0) is 14.8 Å². The minimum Gasteiger partial charge on any atom is -0.481 e. The predicted octanol–water partition coefficient (Wildman–Crippen LogP) is 3.12. The smallest absolute Gasteiger partial charge is 0.265 e. The van der Waals surface area contributed by atoms with Crippen molar-refractivity contribution in [3.63, 3.8) is 0 Å². The van der Waals surface area contributed by atoms with Crippen molar-refractivity contribution in [1.82, 2.24) is 0 Å². The van der Waals surface area contributed by atoms with Crippen LogP contribution in [-0.4, -0.2) is 26.7 Å². The van der Waals surface area contributed by atoms with Gasteiger partial charge in [0.15, 0.2) is 6.10 Å². The van der Waals surface area contributed by atoms with Crippen molar-refractivity contribution in [2.24, 2.45) is 0 Å². The van der Waals surface area contributed by atoms with Crippen molar-refractivity contribution in [2.45, 2.75) is 13.0 Å². The van der Waals surface area contributed by atoms with Crippen molar-refractivity contribution in [2.75, 3.05) is 16.3 Å². The molecule has 2 aromatic carbocycles. The summed E-state index contributed by atoms with van der Waals surface area (Å²) in [4.78, 5) is 12.2. The van der Waals surface area contributed by atoms with Gasteiger partial charge in [-0.15, -0.1) is 0 Å². The highest BCUT2D eigenvalue weighted by molar-refractivity contribution is 7.92. The molecule has 0 radical (unpaired) electrons. The van der Waals surface area contributed by atoms with E-state index in [2.05, 4.69) is 10.0 Å². The molecule has 0 aliphatic rings. The number of hydrogen-bond donors (Lipinski definition) is 2. The Morgan fingerprint density at radius 3 is 2.46 bits per heavy atom. The van der Waals surface area contributed by atoms with Gasteiger partial charge < -0.3 is 10.1 Å². The number of benzene rings is 2. The van der Waals surface area contributed by atoms with Crippen LogP contribution in [0.4, 0.5) is 11.4 Å². The van der Waals surface area contributed by atoms with Gasteiger partial charge in [-0.05, 0) is 43.3 Å². The average Bonchev–Trinajstić information content (AvgIpc) is 2.45. The van der Waals surface area contributed by atoms with Crippen molar-refractivity contribution in [3.8, 4) is 5.75 Å². The molecule has 24 heavy (non-hydrogen) atoms. The molecular weight excluding hydrogens is 352 g/mol. The number of rotatable bonds is 6. The molecule has 0 bridgehead atoms. The van der Waals surface area contributed by atoms with Crippen LogP contribution in [0.3, 0.4) is 0 Å². The van der Waals surface area contributed by atoms with E-state index in [1.807, 2.05) is 0 Å². The predicted molar refractivity (Wildman–Crippen MR) is 95.1 cm³/mol. The van der Waals surface area contributed by atoms with Crippen LogP contribution in [0.2, 0.25) is 5.02 Å². The third-order valence-electron chi connectivity index (χ3n) is 2.91. The Morgan fingerprint density at radius 1 is 1.12 bits per heavy atom. The first-order valence-electron chi connectivity index (χ1n) is 7.04. The summed E-state index contributed by atoms with van der Waals surface area (Å²) in [7, 11) is -3.38. The number of nitrogens with one attached hydrogen (secondary N) is 2. The zero-order valence-electron chi connectivity index (χ0n) is 13.1. The fourth-order valence-electron chi connectivity index (χ4n) is 1.92. The van der Waals surface area contributed by atoms with Gasteiger partial charge in [0.2, 0.25) is 10.0 Å². The van der Waals surface area contributed by atoms with E-state index in [-0.39, 0.29) is 5.91 Å². The molecule has 6 nitrogen and oxygen atoms in total. The molecule has 128 valence electrons. The van der Waals surface area contributed by atoms with E-state index in [1.54, 1.807) is 49.4 Å². The Hall–Kier alpha value is -2.25. The van der Waals surface area contributed by atoms with E-state index in [0.29, 0.717) is 22.1 Å². The van der Waals surface area contributed by atoms with E-state index < -0.39 is 16.1 Å². The maximum absolute atomic E-state index is 12.2. The van der Waals surface area contributed by atoms with E-state index in [0.717, 1.165) is 6.26 Å². The molecule has 0 aromatic heterocycles. The molecule has 0 saturated heterocycles. The van der Waals surface area contributed by atoms with Crippen LogP contribution in [0.1, 0.15) is 6.92 Å². The Labute approximate surface area is 145 Å². The molecule has 0 saturated carbocycles. The van der Waals surface area contributed by atoms with Crippen molar-refractivity contribution in [3.05, 3.63) is 53.6 Å². The summed E-state index contributed by atoms with van der Waals surface area (Å²) in [5.41, 5.74) is 0.814. The van der Waals surface area contributed by atoms with Crippen molar-refractivity contribution >= 4 is 38.9 Å². The van der Waals surface area contributed by atoms with Gasteiger partial charge in [0.25, 0.3) is 5.91 Å². The maximum Gasteiger partial charge on any atom is 0.265 e. The zero-order chi connectivity index (χ0) is 17.7. The fourth-order valence-corrected chi connectivity index (χ4v) is 2.65. The lowest BCUT2D eigenvalue weighted by Gasteiger charge is -2.15. The van der Waals surface area contributed by atoms with Crippen LogP contribution in [0.5, 0.6) is 5.75 Å². The number of amides is 1. The normalized spacial score (nSPS) is 12.3. The molecular formula is C16H17ClN2O4S. The molecule has 1 atom stereocenters. The quantitative estimate of drug-likeness (QED) is 0.820. The number of carbonyl (C=O) groups is 1. The highest BCUT2D eigenvalue weighted by Gasteiger charge is 2.15. The number of hydrogen-bond acceptors (Lipinski definition) is 4. The first-order chi connectivity index (χ1) is 11.2. The van der Waals surface area contributed by atoms with Crippen LogP contribution in [0.15, 0.2) is 48.5 Å². The number of ether oxygens (including phenoxy) is 1. The van der Waals surface area contributed by atoms with Gasteiger partial charge in [0.1, 0.15) is 5.75 Å². The summed E-state index contributed by atoms with van der Waals surface area (Å²) < 4.78 is 30.4. The lowest BCUT2D eigenvalue weighted by Crippen LogP contribution is -2.30. The molecule has 2 N–H and O–H groups in total. The van der Waals surface area contributed by atoms with E-state index in [9.17, 15) is 13.2 Å². The van der Waals surface area contributed by atoms with E-state index >= 15 is 0 Å². The van der Waals surface area contributed by atoms with Crippen molar-refractivity contribution < 1.29 is 17.9 Å². The van der Waals surface area contributed by atoms with Crippen LogP contribution < -0.4 is 14.8 Å². The fraction of sp³-hybridized carbons (Fsp3) is 0.188. The maximum atomic E-state index is 12.2. The topological polar surface area (TPSA) is 84.5 Å². The standard InChI is InChI=1S/C16H17ClN2O4S/c1-11(23-15-8-3-5-12(17)9-15)16(20)18-13-6-4-7-14(10-13)19-24(2,21)22/h3-11,19H,1-2H3,(H,18,20). The van der Waals surface area contributed by atoms with Gasteiger partial charge in [0, 0.05) is 10.7 Å². The highest BCUT2D eigenvalue weighted by Crippen LogP contribution is 2.20. The monoisotopic (exact) mass is 368 g/mol. The Kier molecular flexibility index (Phi) is 5.69. The Morgan fingerprint density at radius 2 is 1.79 bits per heavy atom. The summed E-state index contributed by atoms with van der Waals surface area (Å²) in [6.07, 6.45) is 0.300. The minimum absolute atomic E-state index is 0.360.